The average Bonchev–Trinajstić information content (AvgIpc) is 3.84. The standard InChI is InChI=1S/C32H55N11O12/c33-10-2-1-6-19(31(54)55)39-28(51)22-8-4-12-42(22)30(53)23-9-5-13-43(23)29(52)20(14-24(46)47)40-27(50)21(16-45)41-26(49)18(7-3-11-37-32(35)36)38-25(48)17(34)15-44/h17-23,44-45H,1-16,33-34H2,(H,38,48)(H,39,51)(H,40,50)(H,41,49)(H,46,47)(H,54,55)(H4,35,36,37)/t17-,18-,19-,20-,21-,22-,23-/m0/s1. The molecule has 2 fully saturated rings. The number of carboxylic acid groups (broad SMARTS) is 2. The number of amides is 6. The molecule has 0 spiro atoms. The SMILES string of the molecule is NCCCC[C@H](NC(=O)[C@@H]1CCCN1C(=O)[C@@H]1CCCN1C(=O)[C@H](CC(=O)O)NC(=O)[C@H](CO)NC(=O)[C@H](CCCN=C(N)N)NC(=O)[C@@H](N)CO)C(=O)O. The summed E-state index contributed by atoms with van der Waals surface area (Å²) in [5.74, 6) is -8.20. The van der Waals surface area contributed by atoms with Gasteiger partial charge < -0.3 is 74.4 Å². The normalized spacial score (nSPS) is 19.3. The van der Waals surface area contributed by atoms with Gasteiger partial charge in [0.15, 0.2) is 5.96 Å². The van der Waals surface area contributed by atoms with Gasteiger partial charge in [-0.15, -0.1) is 0 Å². The minimum atomic E-state index is -1.76. The van der Waals surface area contributed by atoms with Crippen molar-refractivity contribution in [3.05, 3.63) is 0 Å². The predicted molar refractivity (Wildman–Crippen MR) is 192 cm³/mol. The van der Waals surface area contributed by atoms with Gasteiger partial charge in [0.25, 0.3) is 0 Å². The molecular formula is C32H55N11O12. The number of nitrogens with zero attached hydrogens (tertiary/aromatic N) is 3. The topological polar surface area (TPSA) is 389 Å². The molecule has 0 aromatic rings. The Morgan fingerprint density at radius 1 is 0.709 bits per heavy atom. The summed E-state index contributed by atoms with van der Waals surface area (Å²) >= 11 is 0. The minimum absolute atomic E-state index is 0.00549. The molecule has 2 aliphatic rings. The van der Waals surface area contributed by atoms with Crippen LogP contribution < -0.4 is 44.2 Å². The van der Waals surface area contributed by atoms with Crippen molar-refractivity contribution in [2.24, 2.45) is 27.9 Å². The third-order valence-electron chi connectivity index (χ3n) is 9.14. The molecule has 6 amide bonds. The Labute approximate surface area is 316 Å². The van der Waals surface area contributed by atoms with Crippen LogP contribution >= 0.6 is 0 Å². The molecule has 0 radical (unpaired) electrons. The molecule has 23 nitrogen and oxygen atoms in total. The van der Waals surface area contributed by atoms with Crippen LogP contribution in [-0.2, 0) is 38.4 Å². The first-order chi connectivity index (χ1) is 26.1. The predicted octanol–water partition coefficient (Wildman–Crippen LogP) is -6.04. The first-order valence-electron chi connectivity index (χ1n) is 18.1. The number of nitrogens with one attached hydrogen (secondary N) is 4. The molecule has 2 heterocycles. The van der Waals surface area contributed by atoms with Gasteiger partial charge in [-0.2, -0.15) is 0 Å². The number of nitrogens with two attached hydrogens (primary N) is 4. The molecule has 2 rings (SSSR count). The van der Waals surface area contributed by atoms with Crippen LogP contribution in [0.4, 0.5) is 0 Å². The number of rotatable bonds is 23. The van der Waals surface area contributed by atoms with Gasteiger partial charge in [0, 0.05) is 19.6 Å². The fourth-order valence-corrected chi connectivity index (χ4v) is 6.25. The summed E-state index contributed by atoms with van der Waals surface area (Å²) in [6.07, 6.45) is 1.45. The molecule has 7 atom stereocenters. The molecule has 0 bridgehead atoms. The molecule has 0 aliphatic carbocycles. The van der Waals surface area contributed by atoms with Crippen LogP contribution in [0.5, 0.6) is 0 Å². The van der Waals surface area contributed by atoms with E-state index in [0.29, 0.717) is 32.2 Å². The third kappa shape index (κ3) is 14.2. The number of hydrogen-bond acceptors (Lipinski definition) is 13. The molecule has 55 heavy (non-hydrogen) atoms. The lowest BCUT2D eigenvalue weighted by Gasteiger charge is -2.33. The molecule has 0 unspecified atom stereocenters. The zero-order valence-electron chi connectivity index (χ0n) is 30.6. The number of unbranched alkanes of at least 4 members (excludes halogenated alkanes) is 1. The number of aliphatic hydroxyl groups is 2. The fourth-order valence-electron chi connectivity index (χ4n) is 6.25. The van der Waals surface area contributed by atoms with E-state index in [1.165, 1.54) is 4.90 Å². The summed E-state index contributed by atoms with van der Waals surface area (Å²) in [6.45, 7) is -1.19. The number of carboxylic acids is 2. The van der Waals surface area contributed by atoms with E-state index in [-0.39, 0.29) is 57.7 Å². The fraction of sp³-hybridized carbons (Fsp3) is 0.719. The van der Waals surface area contributed by atoms with Gasteiger partial charge in [-0.3, -0.25) is 38.6 Å². The highest BCUT2D eigenvalue weighted by Crippen LogP contribution is 2.26. The average molecular weight is 786 g/mol. The van der Waals surface area contributed by atoms with Gasteiger partial charge in [-0.05, 0) is 64.3 Å². The summed E-state index contributed by atoms with van der Waals surface area (Å²) in [4.78, 5) is 109. The maximum Gasteiger partial charge on any atom is 0.326 e. The summed E-state index contributed by atoms with van der Waals surface area (Å²) in [7, 11) is 0. The molecule has 2 aliphatic heterocycles. The van der Waals surface area contributed by atoms with Crippen molar-refractivity contribution in [2.75, 3.05) is 39.4 Å². The Morgan fingerprint density at radius 3 is 1.87 bits per heavy atom. The van der Waals surface area contributed by atoms with E-state index in [9.17, 15) is 58.8 Å². The Balaban J connectivity index is 2.20. The monoisotopic (exact) mass is 785 g/mol. The highest BCUT2D eigenvalue weighted by Gasteiger charge is 2.44. The van der Waals surface area contributed by atoms with E-state index in [1.807, 2.05) is 0 Å². The summed E-state index contributed by atoms with van der Waals surface area (Å²) in [5.41, 5.74) is 21.6. The lowest BCUT2D eigenvalue weighted by atomic mass is 10.1. The van der Waals surface area contributed by atoms with E-state index < -0.39 is 109 Å². The zero-order valence-corrected chi connectivity index (χ0v) is 30.6. The minimum Gasteiger partial charge on any atom is -0.481 e. The van der Waals surface area contributed by atoms with Crippen LogP contribution in [0.25, 0.3) is 0 Å². The van der Waals surface area contributed by atoms with Crippen LogP contribution in [0, 0.1) is 0 Å². The Bertz CT molecular complexity index is 1410. The van der Waals surface area contributed by atoms with Crippen molar-refractivity contribution < 1.29 is 58.8 Å². The first-order valence-corrected chi connectivity index (χ1v) is 18.1. The van der Waals surface area contributed by atoms with Crippen molar-refractivity contribution in [3.8, 4) is 0 Å². The van der Waals surface area contributed by atoms with Crippen LogP contribution in [0.1, 0.15) is 64.2 Å². The molecule has 0 aromatic carbocycles. The maximum absolute atomic E-state index is 13.8. The lowest BCUT2D eigenvalue weighted by Crippen LogP contribution is -2.60. The number of carbonyl (C=O) groups is 8. The molecule has 2 saturated heterocycles. The molecular weight excluding hydrogens is 730 g/mol. The van der Waals surface area contributed by atoms with Crippen molar-refractivity contribution >= 4 is 53.3 Å². The Kier molecular flexibility index (Phi) is 19.2. The third-order valence-corrected chi connectivity index (χ3v) is 9.14. The van der Waals surface area contributed by atoms with Gasteiger partial charge in [-0.1, -0.05) is 0 Å². The van der Waals surface area contributed by atoms with E-state index in [4.69, 9.17) is 22.9 Å². The van der Waals surface area contributed by atoms with Crippen LogP contribution in [-0.4, -0.2) is 165 Å². The van der Waals surface area contributed by atoms with Crippen LogP contribution in [0.3, 0.4) is 0 Å². The highest BCUT2D eigenvalue weighted by atomic mass is 16.4. The second-order valence-electron chi connectivity index (χ2n) is 13.3. The van der Waals surface area contributed by atoms with Crippen molar-refractivity contribution in [2.45, 2.75) is 107 Å². The number of carbonyl (C=O) groups excluding carboxylic acids is 6. The first kappa shape index (κ1) is 46.0. The van der Waals surface area contributed by atoms with Gasteiger partial charge in [0.2, 0.25) is 35.4 Å². The molecule has 23 heteroatoms. The highest BCUT2D eigenvalue weighted by molar-refractivity contribution is 5.98. The summed E-state index contributed by atoms with van der Waals surface area (Å²) < 4.78 is 0. The number of hydrogen-bond donors (Lipinski definition) is 12. The quantitative estimate of drug-likeness (QED) is 0.0261. The molecule has 0 saturated carbocycles. The van der Waals surface area contributed by atoms with Crippen molar-refractivity contribution in [1.82, 2.24) is 31.1 Å². The van der Waals surface area contributed by atoms with E-state index in [0.717, 1.165) is 4.90 Å². The molecule has 310 valence electrons. The van der Waals surface area contributed by atoms with E-state index in [1.54, 1.807) is 0 Å². The van der Waals surface area contributed by atoms with Crippen molar-refractivity contribution in [3.63, 3.8) is 0 Å². The van der Waals surface area contributed by atoms with Crippen molar-refractivity contribution in [1.29, 1.82) is 0 Å². The van der Waals surface area contributed by atoms with Gasteiger partial charge >= 0.3 is 11.9 Å². The number of aliphatic carboxylic acids is 2. The number of aliphatic imine (C=N–C) groups is 1. The maximum atomic E-state index is 13.8. The number of likely N-dealkylation sites (tertiary alicyclic amines) is 2. The van der Waals surface area contributed by atoms with E-state index >= 15 is 0 Å². The number of guanidine groups is 1. The smallest absolute Gasteiger partial charge is 0.326 e. The summed E-state index contributed by atoms with van der Waals surface area (Å²) in [6, 6.07) is -9.57. The van der Waals surface area contributed by atoms with Gasteiger partial charge in [0.05, 0.1) is 19.6 Å². The molecule has 0 aromatic heterocycles. The molecule has 16 N–H and O–H groups in total. The Morgan fingerprint density at radius 2 is 1.29 bits per heavy atom. The Hall–Kier alpha value is -5.13. The summed E-state index contributed by atoms with van der Waals surface area (Å²) in [5, 5.41) is 47.7. The largest absolute Gasteiger partial charge is 0.481 e. The second-order valence-corrected chi connectivity index (χ2v) is 13.3. The van der Waals surface area contributed by atoms with Gasteiger partial charge in [0.1, 0.15) is 42.3 Å². The van der Waals surface area contributed by atoms with Crippen LogP contribution in [0.15, 0.2) is 4.99 Å². The second kappa shape index (κ2) is 22.9. The van der Waals surface area contributed by atoms with Gasteiger partial charge in [-0.25, -0.2) is 4.79 Å². The number of aliphatic hydroxyl groups excluding tert-OH is 2. The van der Waals surface area contributed by atoms with E-state index in [2.05, 4.69) is 26.3 Å². The zero-order chi connectivity index (χ0) is 41.2. The van der Waals surface area contributed by atoms with Crippen LogP contribution in [0.2, 0.25) is 0 Å². The lowest BCUT2D eigenvalue weighted by molar-refractivity contribution is -0.150.